The second-order valence-corrected chi connectivity index (χ2v) is 3.50. The van der Waals surface area contributed by atoms with E-state index in [0.29, 0.717) is 13.0 Å². The second kappa shape index (κ2) is 12.6. The van der Waals surface area contributed by atoms with Gasteiger partial charge in [-0.2, -0.15) is 0 Å². The molecule has 14 heavy (non-hydrogen) atoms. The van der Waals surface area contributed by atoms with Crippen LogP contribution in [0.5, 0.6) is 0 Å². The number of ether oxygens (including phenoxy) is 1. The summed E-state index contributed by atoms with van der Waals surface area (Å²) in [5.41, 5.74) is 0. The van der Waals surface area contributed by atoms with E-state index in [1.54, 1.807) is 6.92 Å². The Labute approximate surface area is 88.8 Å². The predicted octanol–water partition coefficient (Wildman–Crippen LogP) is 2.19. The average molecular weight is 220 g/mol. The van der Waals surface area contributed by atoms with Crippen molar-refractivity contribution >= 4 is 21.0 Å². The maximum Gasteiger partial charge on any atom is 0.313 e. The first-order valence-corrected chi connectivity index (χ1v) is 5.81. The van der Waals surface area contributed by atoms with Gasteiger partial charge in [-0.05, 0) is 19.5 Å². The van der Waals surface area contributed by atoms with E-state index < -0.39 is 5.97 Å². The minimum atomic E-state index is -0.411. The van der Waals surface area contributed by atoms with Gasteiger partial charge in [-0.1, -0.05) is 13.8 Å². The molecular formula is C10H21O3P. The Hall–Kier alpha value is -0.430. The van der Waals surface area contributed by atoms with E-state index in [-0.39, 0.29) is 12.2 Å². The summed E-state index contributed by atoms with van der Waals surface area (Å²) >= 11 is 0. The minimum Gasteiger partial charge on any atom is -0.466 e. The normalized spacial score (nSPS) is 8.57. The summed E-state index contributed by atoms with van der Waals surface area (Å²) in [7, 11) is 2.58. The number of ketones is 1. The molecule has 0 saturated carbocycles. The lowest BCUT2D eigenvalue weighted by atomic mass is 10.2. The molecule has 0 N–H and O–H groups in total. The average Bonchev–Trinajstić information content (AvgIpc) is 2.05. The molecule has 0 rings (SSSR count). The molecule has 0 aromatic carbocycles. The topological polar surface area (TPSA) is 43.4 Å². The maximum absolute atomic E-state index is 10.8. The fraction of sp³-hybridized carbons (Fsp3) is 0.800. The van der Waals surface area contributed by atoms with Crippen molar-refractivity contribution < 1.29 is 14.3 Å². The Balaban J connectivity index is 0. The third-order valence-electron chi connectivity index (χ3n) is 1.18. The molecule has 0 spiro atoms. The van der Waals surface area contributed by atoms with Crippen LogP contribution in [0.2, 0.25) is 0 Å². The summed E-state index contributed by atoms with van der Waals surface area (Å²) < 4.78 is 4.60. The molecule has 3 nitrogen and oxygen atoms in total. The molecule has 0 fully saturated rings. The maximum atomic E-state index is 10.8. The molecule has 0 radical (unpaired) electrons. The first-order chi connectivity index (χ1) is 6.62. The van der Waals surface area contributed by atoms with E-state index >= 15 is 0 Å². The van der Waals surface area contributed by atoms with Gasteiger partial charge in [0.15, 0.2) is 0 Å². The molecule has 1 unspecified atom stereocenters. The van der Waals surface area contributed by atoms with Gasteiger partial charge in [0.1, 0.15) is 12.2 Å². The first-order valence-electron chi connectivity index (χ1n) is 4.99. The van der Waals surface area contributed by atoms with Gasteiger partial charge in [-0.3, -0.25) is 9.59 Å². The molecule has 84 valence electrons. The Morgan fingerprint density at radius 1 is 1.21 bits per heavy atom. The summed E-state index contributed by atoms with van der Waals surface area (Å²) in [4.78, 5) is 21.5. The monoisotopic (exact) mass is 220 g/mol. The van der Waals surface area contributed by atoms with Gasteiger partial charge in [0.2, 0.25) is 0 Å². The lowest BCUT2D eigenvalue weighted by Gasteiger charge is -1.98. The van der Waals surface area contributed by atoms with Gasteiger partial charge >= 0.3 is 5.97 Å². The van der Waals surface area contributed by atoms with Crippen LogP contribution in [0, 0.1) is 0 Å². The Kier molecular flexibility index (Phi) is 14.4. The highest BCUT2D eigenvalue weighted by molar-refractivity contribution is 7.16. The zero-order valence-electron chi connectivity index (χ0n) is 9.34. The number of carbonyl (C=O) groups excluding carboxylic acids is 2. The fourth-order valence-corrected chi connectivity index (χ4v) is 0.740. The third kappa shape index (κ3) is 14.1. The van der Waals surface area contributed by atoms with Gasteiger partial charge in [0.25, 0.3) is 0 Å². The number of rotatable bonds is 5. The molecule has 0 saturated heterocycles. The number of hydrogen-bond donors (Lipinski definition) is 0. The largest absolute Gasteiger partial charge is 0.466 e. The molecular weight excluding hydrogens is 199 g/mol. The molecule has 0 aromatic rings. The third-order valence-corrected chi connectivity index (χ3v) is 1.18. The zero-order chi connectivity index (χ0) is 11.4. The minimum absolute atomic E-state index is 0.0362. The van der Waals surface area contributed by atoms with Crippen LogP contribution < -0.4 is 0 Å². The second-order valence-electron chi connectivity index (χ2n) is 2.68. The fourth-order valence-electron chi connectivity index (χ4n) is 0.740. The van der Waals surface area contributed by atoms with Crippen molar-refractivity contribution in [1.82, 2.24) is 0 Å². The van der Waals surface area contributed by atoms with Crippen molar-refractivity contribution in [3.63, 3.8) is 0 Å². The van der Waals surface area contributed by atoms with Crippen LogP contribution in [0.4, 0.5) is 0 Å². The molecule has 1 atom stereocenters. The summed E-state index contributed by atoms with van der Waals surface area (Å²) in [5, 5.41) is 0. The SMILES string of the molecule is CCCC(=O)CC(=O)OCC.CCP. The van der Waals surface area contributed by atoms with E-state index in [9.17, 15) is 9.59 Å². The summed E-state index contributed by atoms with van der Waals surface area (Å²) in [5.74, 6) is -0.447. The summed E-state index contributed by atoms with van der Waals surface area (Å²) in [6.07, 6.45) is 2.36. The molecule has 0 aliphatic heterocycles. The predicted molar refractivity (Wildman–Crippen MR) is 61.4 cm³/mol. The van der Waals surface area contributed by atoms with Crippen LogP contribution in [0.1, 0.15) is 40.0 Å². The molecule has 0 heterocycles. The van der Waals surface area contributed by atoms with Crippen molar-refractivity contribution in [2.24, 2.45) is 0 Å². The van der Waals surface area contributed by atoms with E-state index in [1.807, 2.05) is 6.92 Å². The van der Waals surface area contributed by atoms with E-state index in [4.69, 9.17) is 0 Å². The van der Waals surface area contributed by atoms with Crippen molar-refractivity contribution in [2.75, 3.05) is 12.8 Å². The van der Waals surface area contributed by atoms with Crippen LogP contribution in [0.15, 0.2) is 0 Å². The van der Waals surface area contributed by atoms with E-state index in [0.717, 1.165) is 6.42 Å². The lowest BCUT2D eigenvalue weighted by molar-refractivity contribution is -0.145. The van der Waals surface area contributed by atoms with Crippen LogP contribution >= 0.6 is 9.24 Å². The highest BCUT2D eigenvalue weighted by atomic mass is 31.0. The Bertz CT molecular complexity index is 141. The highest BCUT2D eigenvalue weighted by Gasteiger charge is 2.07. The van der Waals surface area contributed by atoms with Crippen molar-refractivity contribution in [3.8, 4) is 0 Å². The van der Waals surface area contributed by atoms with Crippen LogP contribution in [0.3, 0.4) is 0 Å². The van der Waals surface area contributed by atoms with Gasteiger partial charge in [-0.25, -0.2) is 0 Å². The van der Waals surface area contributed by atoms with Crippen LogP contribution in [-0.2, 0) is 14.3 Å². The molecule has 0 aliphatic carbocycles. The Morgan fingerprint density at radius 2 is 1.71 bits per heavy atom. The molecule has 0 aliphatic rings. The summed E-state index contributed by atoms with van der Waals surface area (Å²) in [6, 6.07) is 0. The van der Waals surface area contributed by atoms with Crippen LogP contribution in [0.25, 0.3) is 0 Å². The lowest BCUT2D eigenvalue weighted by Crippen LogP contribution is -2.10. The Morgan fingerprint density at radius 3 is 2.07 bits per heavy atom. The quantitative estimate of drug-likeness (QED) is 0.405. The van der Waals surface area contributed by atoms with Gasteiger partial charge < -0.3 is 4.74 Å². The molecule has 0 aromatic heterocycles. The first kappa shape index (κ1) is 16.0. The molecule has 0 amide bonds. The number of carbonyl (C=O) groups is 2. The summed E-state index contributed by atoms with van der Waals surface area (Å²) in [6.45, 7) is 6.06. The number of esters is 1. The molecule has 0 bridgehead atoms. The van der Waals surface area contributed by atoms with Gasteiger partial charge in [0.05, 0.1) is 6.61 Å². The number of hydrogen-bond acceptors (Lipinski definition) is 3. The van der Waals surface area contributed by atoms with Crippen molar-refractivity contribution in [2.45, 2.75) is 40.0 Å². The zero-order valence-corrected chi connectivity index (χ0v) is 10.5. The molecule has 4 heteroatoms. The van der Waals surface area contributed by atoms with Gasteiger partial charge in [-0.15, -0.1) is 9.24 Å². The highest BCUT2D eigenvalue weighted by Crippen LogP contribution is 1.95. The van der Waals surface area contributed by atoms with Gasteiger partial charge in [0, 0.05) is 6.42 Å². The smallest absolute Gasteiger partial charge is 0.313 e. The van der Waals surface area contributed by atoms with E-state index in [1.165, 1.54) is 6.16 Å². The van der Waals surface area contributed by atoms with Crippen molar-refractivity contribution in [3.05, 3.63) is 0 Å². The van der Waals surface area contributed by atoms with Crippen LogP contribution in [-0.4, -0.2) is 24.5 Å². The van der Waals surface area contributed by atoms with Crippen molar-refractivity contribution in [1.29, 1.82) is 0 Å². The number of Topliss-reactive ketones (excluding diaryl/α,β-unsaturated/α-hetero) is 1. The van der Waals surface area contributed by atoms with E-state index in [2.05, 4.69) is 20.9 Å². The standard InChI is InChI=1S/C8H14O3.C2H7P/c1-3-5-7(9)6-8(10)11-4-2;1-2-3/h3-6H2,1-2H3;2-3H2,1H3.